The number of hydrogen-bond acceptors (Lipinski definition) is 3. The predicted octanol–water partition coefficient (Wildman–Crippen LogP) is 2.96. The smallest absolute Gasteiger partial charge is 0.321 e. The van der Waals surface area contributed by atoms with E-state index in [1.165, 1.54) is 5.56 Å². The first kappa shape index (κ1) is 19.7. The molecule has 0 aliphatic carbocycles. The fourth-order valence-electron chi connectivity index (χ4n) is 2.62. The number of nitrogens with zero attached hydrogens (tertiary/aromatic N) is 1. The highest BCUT2D eigenvalue weighted by Gasteiger charge is 2.33. The van der Waals surface area contributed by atoms with Crippen LogP contribution >= 0.6 is 0 Å². The summed E-state index contributed by atoms with van der Waals surface area (Å²) in [4.78, 5) is 14.1. The summed E-state index contributed by atoms with van der Waals surface area (Å²) in [6, 6.07) is 7.56. The van der Waals surface area contributed by atoms with Crippen LogP contribution in [0.4, 0.5) is 10.5 Å². The average molecular weight is 368 g/mol. The Bertz CT molecular complexity index is 685. The van der Waals surface area contributed by atoms with Gasteiger partial charge in [-0.1, -0.05) is 19.1 Å². The van der Waals surface area contributed by atoms with Crippen molar-refractivity contribution >= 4 is 21.7 Å². The molecule has 2 rings (SSSR count). The van der Waals surface area contributed by atoms with E-state index in [2.05, 4.69) is 17.0 Å². The van der Waals surface area contributed by atoms with Crippen molar-refractivity contribution in [2.45, 2.75) is 57.7 Å². The highest BCUT2D eigenvalue weighted by Crippen LogP contribution is 2.19. The van der Waals surface area contributed by atoms with Crippen molar-refractivity contribution in [3.05, 3.63) is 29.8 Å². The first-order chi connectivity index (χ1) is 11.6. The van der Waals surface area contributed by atoms with E-state index >= 15 is 0 Å². The summed E-state index contributed by atoms with van der Waals surface area (Å²) in [5.74, 6) is 0. The van der Waals surface area contributed by atoms with E-state index in [0.717, 1.165) is 12.1 Å². The van der Waals surface area contributed by atoms with Crippen molar-refractivity contribution in [1.82, 2.24) is 9.62 Å². The Balaban J connectivity index is 1.85. The molecule has 1 fully saturated rings. The molecule has 0 atom stereocenters. The molecule has 25 heavy (non-hydrogen) atoms. The molecule has 6 nitrogen and oxygen atoms in total. The van der Waals surface area contributed by atoms with Gasteiger partial charge in [0.15, 0.2) is 0 Å². The lowest BCUT2D eigenvalue weighted by Crippen LogP contribution is -2.50. The predicted molar refractivity (Wildman–Crippen MR) is 101 cm³/mol. The van der Waals surface area contributed by atoms with Crippen LogP contribution in [-0.2, 0) is 16.4 Å². The second kappa shape index (κ2) is 7.74. The Morgan fingerprint density at radius 1 is 1.16 bits per heavy atom. The minimum absolute atomic E-state index is 0.114. The number of carbonyl (C=O) groups excluding carboxylic acids is 1. The van der Waals surface area contributed by atoms with Gasteiger partial charge in [-0.05, 0) is 57.7 Å². The molecule has 0 spiro atoms. The first-order valence-corrected chi connectivity index (χ1v) is 10.3. The Labute approximate surface area is 151 Å². The van der Waals surface area contributed by atoms with Crippen LogP contribution in [0.2, 0.25) is 0 Å². The molecule has 1 aliphatic rings. The van der Waals surface area contributed by atoms with Crippen LogP contribution in [0, 0.1) is 0 Å². The van der Waals surface area contributed by atoms with Gasteiger partial charge in [0, 0.05) is 24.8 Å². The van der Waals surface area contributed by atoms with Crippen LogP contribution in [0.5, 0.6) is 0 Å². The van der Waals surface area contributed by atoms with Gasteiger partial charge in [-0.15, -0.1) is 0 Å². The minimum Gasteiger partial charge on any atom is -0.324 e. The van der Waals surface area contributed by atoms with Gasteiger partial charge in [0.25, 0.3) is 0 Å². The molecule has 1 aromatic rings. The van der Waals surface area contributed by atoms with Crippen LogP contribution < -0.4 is 10.0 Å². The number of sulfonamides is 1. The zero-order valence-corrected chi connectivity index (χ0v) is 16.3. The van der Waals surface area contributed by atoms with Crippen LogP contribution in [0.15, 0.2) is 24.3 Å². The Morgan fingerprint density at radius 3 is 2.20 bits per heavy atom. The van der Waals surface area contributed by atoms with E-state index in [9.17, 15) is 13.2 Å². The van der Waals surface area contributed by atoms with Crippen molar-refractivity contribution in [3.63, 3.8) is 0 Å². The van der Waals surface area contributed by atoms with Crippen molar-refractivity contribution in [1.29, 1.82) is 0 Å². The third kappa shape index (κ3) is 5.19. The molecule has 0 radical (unpaired) electrons. The third-order valence-corrected chi connectivity index (χ3v) is 6.78. The maximum Gasteiger partial charge on any atom is 0.321 e. The van der Waals surface area contributed by atoms with Gasteiger partial charge in [-0.3, -0.25) is 0 Å². The number of anilines is 1. The molecule has 140 valence electrons. The van der Waals surface area contributed by atoms with E-state index in [4.69, 9.17) is 0 Å². The summed E-state index contributed by atoms with van der Waals surface area (Å²) in [6.45, 7) is 8.21. The van der Waals surface area contributed by atoms with Crippen molar-refractivity contribution in [2.24, 2.45) is 0 Å². The molecule has 2 amide bonds. The highest BCUT2D eigenvalue weighted by atomic mass is 32.2. The summed E-state index contributed by atoms with van der Waals surface area (Å²) in [6.07, 6.45) is 2.21. The van der Waals surface area contributed by atoms with Gasteiger partial charge in [0.05, 0.1) is 4.75 Å². The number of benzene rings is 1. The lowest BCUT2D eigenvalue weighted by Gasteiger charge is -2.33. The maximum atomic E-state index is 12.3. The van der Waals surface area contributed by atoms with Crippen LogP contribution in [0.1, 0.15) is 46.1 Å². The van der Waals surface area contributed by atoms with Gasteiger partial charge in [0.1, 0.15) is 0 Å². The third-order valence-electron chi connectivity index (χ3n) is 4.52. The fourth-order valence-corrected chi connectivity index (χ4v) is 3.65. The van der Waals surface area contributed by atoms with E-state index in [1.54, 1.807) is 25.7 Å². The lowest BCUT2D eigenvalue weighted by atomic mass is 10.1. The molecule has 7 heteroatoms. The second-order valence-corrected chi connectivity index (χ2v) is 9.94. The van der Waals surface area contributed by atoms with Gasteiger partial charge in [-0.25, -0.2) is 17.9 Å². The first-order valence-electron chi connectivity index (χ1n) is 8.79. The normalized spacial score (nSPS) is 16.7. The lowest BCUT2D eigenvalue weighted by molar-refractivity contribution is 0.193. The second-order valence-electron chi connectivity index (χ2n) is 7.48. The molecule has 0 aromatic heterocycles. The Hall–Kier alpha value is -1.60. The summed E-state index contributed by atoms with van der Waals surface area (Å²) in [5, 5.41) is 2.90. The molecule has 0 saturated carbocycles. The number of aryl methyl sites for hydroxylation is 1. The number of rotatable bonds is 4. The summed E-state index contributed by atoms with van der Waals surface area (Å²) >= 11 is 0. The SMILES string of the molecule is CCc1ccc(NC(=O)N2CCC(NS(=O)(=O)C(C)(C)C)CC2)cc1. The fraction of sp³-hybridized carbons (Fsp3) is 0.611. The largest absolute Gasteiger partial charge is 0.324 e. The monoisotopic (exact) mass is 367 g/mol. The quantitative estimate of drug-likeness (QED) is 0.859. The molecule has 1 heterocycles. The minimum atomic E-state index is -3.36. The van der Waals surface area contributed by atoms with E-state index in [0.29, 0.717) is 25.9 Å². The van der Waals surface area contributed by atoms with E-state index in [-0.39, 0.29) is 12.1 Å². The molecular formula is C18H29N3O3S. The average Bonchev–Trinajstić information content (AvgIpc) is 2.55. The standard InChI is InChI=1S/C18H29N3O3S/c1-5-14-6-8-15(9-7-14)19-17(22)21-12-10-16(11-13-21)20-25(23,24)18(2,3)4/h6-9,16,20H,5,10-13H2,1-4H3,(H,19,22). The molecule has 1 aromatic carbocycles. The Morgan fingerprint density at radius 2 is 1.72 bits per heavy atom. The summed E-state index contributed by atoms with van der Waals surface area (Å²) < 4.78 is 26.4. The van der Waals surface area contributed by atoms with Crippen LogP contribution in [0.3, 0.4) is 0 Å². The summed E-state index contributed by atoms with van der Waals surface area (Å²) in [7, 11) is -3.36. The number of likely N-dealkylation sites (tertiary alicyclic amines) is 1. The number of urea groups is 1. The molecule has 0 bridgehead atoms. The molecule has 0 unspecified atom stereocenters. The molecule has 1 aliphatic heterocycles. The molecule has 1 saturated heterocycles. The van der Waals surface area contributed by atoms with Gasteiger partial charge < -0.3 is 10.2 Å². The van der Waals surface area contributed by atoms with Crippen molar-refractivity contribution in [3.8, 4) is 0 Å². The van der Waals surface area contributed by atoms with Crippen LogP contribution in [0.25, 0.3) is 0 Å². The van der Waals surface area contributed by atoms with Gasteiger partial charge >= 0.3 is 6.03 Å². The van der Waals surface area contributed by atoms with Crippen molar-refractivity contribution < 1.29 is 13.2 Å². The van der Waals surface area contributed by atoms with E-state index in [1.807, 2.05) is 24.3 Å². The maximum absolute atomic E-state index is 12.3. The molecule has 2 N–H and O–H groups in total. The van der Waals surface area contributed by atoms with Gasteiger partial charge in [-0.2, -0.15) is 0 Å². The zero-order chi connectivity index (χ0) is 18.7. The summed E-state index contributed by atoms with van der Waals surface area (Å²) in [5.41, 5.74) is 2.00. The molecular weight excluding hydrogens is 338 g/mol. The number of piperidine rings is 1. The van der Waals surface area contributed by atoms with Gasteiger partial charge in [0.2, 0.25) is 10.0 Å². The van der Waals surface area contributed by atoms with E-state index < -0.39 is 14.8 Å². The Kier molecular flexibility index (Phi) is 6.11. The number of hydrogen-bond donors (Lipinski definition) is 2. The van der Waals surface area contributed by atoms with Crippen LogP contribution in [-0.4, -0.2) is 43.2 Å². The number of nitrogens with one attached hydrogen (secondary N) is 2. The highest BCUT2D eigenvalue weighted by molar-refractivity contribution is 7.90. The topological polar surface area (TPSA) is 78.5 Å². The zero-order valence-electron chi connectivity index (χ0n) is 15.5. The number of carbonyl (C=O) groups is 1. The number of amides is 2. The van der Waals surface area contributed by atoms with Crippen molar-refractivity contribution in [2.75, 3.05) is 18.4 Å².